The summed E-state index contributed by atoms with van der Waals surface area (Å²) in [6.45, 7) is 5.91. The zero-order valence-electron chi connectivity index (χ0n) is 10.2. The second-order valence-electron chi connectivity index (χ2n) is 4.63. The fourth-order valence-electron chi connectivity index (χ4n) is 1.48. The highest BCUT2D eigenvalue weighted by Crippen LogP contribution is 2.26. The van der Waals surface area contributed by atoms with Crippen LogP contribution in [-0.2, 0) is 11.8 Å². The van der Waals surface area contributed by atoms with Crippen molar-refractivity contribution in [1.29, 1.82) is 5.26 Å². The van der Waals surface area contributed by atoms with Crippen LogP contribution < -0.4 is 5.73 Å². The highest BCUT2D eigenvalue weighted by Gasteiger charge is 2.23. The molecule has 4 heteroatoms. The molecule has 0 fully saturated rings. The molecule has 0 aliphatic rings. The molecule has 1 aromatic rings. The van der Waals surface area contributed by atoms with E-state index in [9.17, 15) is 0 Å². The van der Waals surface area contributed by atoms with E-state index in [4.69, 9.17) is 11.0 Å². The summed E-state index contributed by atoms with van der Waals surface area (Å²) in [5, 5.41) is 11.9. The van der Waals surface area contributed by atoms with E-state index in [0.29, 0.717) is 0 Å². The van der Waals surface area contributed by atoms with E-state index in [1.54, 1.807) is 11.3 Å². The monoisotopic (exact) mass is 237 g/mol. The Morgan fingerprint density at radius 2 is 2.31 bits per heavy atom. The van der Waals surface area contributed by atoms with Gasteiger partial charge < -0.3 is 5.73 Å². The van der Waals surface area contributed by atoms with Crippen LogP contribution in [0.2, 0.25) is 0 Å². The number of nitrogens with zero attached hydrogens (tertiary/aromatic N) is 2. The number of nitriles is 1. The molecule has 0 aromatic carbocycles. The summed E-state index contributed by atoms with van der Waals surface area (Å²) in [4.78, 5) is 4.49. The van der Waals surface area contributed by atoms with Crippen molar-refractivity contribution in [2.75, 3.05) is 0 Å². The van der Waals surface area contributed by atoms with Crippen molar-refractivity contribution in [3.8, 4) is 6.07 Å². The first-order valence-corrected chi connectivity index (χ1v) is 6.49. The van der Waals surface area contributed by atoms with Crippen LogP contribution in [0, 0.1) is 11.3 Å². The molecule has 0 aliphatic heterocycles. The molecule has 1 rings (SSSR count). The van der Waals surface area contributed by atoms with Crippen molar-refractivity contribution in [2.24, 2.45) is 5.73 Å². The first kappa shape index (κ1) is 13.1. The van der Waals surface area contributed by atoms with E-state index in [0.717, 1.165) is 30.0 Å². The quantitative estimate of drug-likeness (QED) is 0.856. The van der Waals surface area contributed by atoms with Gasteiger partial charge in [0, 0.05) is 17.8 Å². The Labute approximate surface area is 101 Å². The molecule has 1 aromatic heterocycles. The van der Waals surface area contributed by atoms with Crippen LogP contribution >= 0.6 is 11.3 Å². The summed E-state index contributed by atoms with van der Waals surface area (Å²) in [7, 11) is 0. The maximum absolute atomic E-state index is 9.01. The third-order valence-corrected chi connectivity index (χ3v) is 3.71. The molecule has 0 amide bonds. The van der Waals surface area contributed by atoms with Gasteiger partial charge in [-0.1, -0.05) is 13.3 Å². The van der Waals surface area contributed by atoms with Gasteiger partial charge in [-0.15, -0.1) is 11.3 Å². The average molecular weight is 237 g/mol. The Bertz CT molecular complexity index is 376. The molecule has 3 nitrogen and oxygen atoms in total. The highest BCUT2D eigenvalue weighted by atomic mass is 32.1. The van der Waals surface area contributed by atoms with E-state index in [1.807, 2.05) is 19.2 Å². The van der Waals surface area contributed by atoms with Crippen LogP contribution in [0.3, 0.4) is 0 Å². The molecule has 0 spiro atoms. The standard InChI is InChI=1S/C12H19N3S/c1-4-5-9(14)6-10-7-16-11(15-10)12(2,3)8-13/h7,9H,4-6,14H2,1-3H3. The minimum absolute atomic E-state index is 0.185. The minimum atomic E-state index is -0.488. The molecular weight excluding hydrogens is 218 g/mol. The second-order valence-corrected chi connectivity index (χ2v) is 5.49. The van der Waals surface area contributed by atoms with Crippen LogP contribution in [0.1, 0.15) is 44.3 Å². The summed E-state index contributed by atoms with van der Waals surface area (Å²) in [5.74, 6) is 0. The highest BCUT2D eigenvalue weighted by molar-refractivity contribution is 7.09. The van der Waals surface area contributed by atoms with E-state index in [2.05, 4.69) is 18.0 Å². The van der Waals surface area contributed by atoms with E-state index in [1.165, 1.54) is 0 Å². The first-order chi connectivity index (χ1) is 7.49. The first-order valence-electron chi connectivity index (χ1n) is 5.61. The molecule has 0 bridgehead atoms. The normalized spacial score (nSPS) is 13.4. The van der Waals surface area contributed by atoms with Crippen molar-refractivity contribution < 1.29 is 0 Å². The van der Waals surface area contributed by atoms with Crippen molar-refractivity contribution in [2.45, 2.75) is 51.5 Å². The molecule has 0 saturated carbocycles. The predicted molar refractivity (Wildman–Crippen MR) is 67.3 cm³/mol. The number of thiazole rings is 1. The molecule has 0 radical (unpaired) electrons. The van der Waals surface area contributed by atoms with Gasteiger partial charge in [0.15, 0.2) is 0 Å². The van der Waals surface area contributed by atoms with E-state index < -0.39 is 5.41 Å². The molecule has 1 heterocycles. The molecule has 2 N–H and O–H groups in total. The summed E-state index contributed by atoms with van der Waals surface area (Å²) in [6, 6.07) is 2.45. The molecule has 16 heavy (non-hydrogen) atoms. The van der Waals surface area contributed by atoms with Gasteiger partial charge in [0.2, 0.25) is 0 Å². The van der Waals surface area contributed by atoms with Gasteiger partial charge in [-0.25, -0.2) is 4.98 Å². The van der Waals surface area contributed by atoms with Gasteiger partial charge in [0.1, 0.15) is 10.4 Å². The zero-order valence-corrected chi connectivity index (χ0v) is 11.0. The predicted octanol–water partition coefficient (Wildman–Crippen LogP) is 2.61. The Kier molecular flexibility index (Phi) is 4.45. The summed E-state index contributed by atoms with van der Waals surface area (Å²) < 4.78 is 0. The maximum atomic E-state index is 9.01. The van der Waals surface area contributed by atoms with Crippen LogP contribution in [0.5, 0.6) is 0 Å². The zero-order chi connectivity index (χ0) is 12.2. The number of hydrogen-bond acceptors (Lipinski definition) is 4. The van der Waals surface area contributed by atoms with Gasteiger partial charge in [-0.3, -0.25) is 0 Å². The average Bonchev–Trinajstić information content (AvgIpc) is 2.67. The minimum Gasteiger partial charge on any atom is -0.327 e. The molecule has 0 saturated heterocycles. The lowest BCUT2D eigenvalue weighted by atomic mass is 9.97. The van der Waals surface area contributed by atoms with E-state index >= 15 is 0 Å². The maximum Gasteiger partial charge on any atom is 0.113 e. The van der Waals surface area contributed by atoms with Crippen molar-refractivity contribution in [3.05, 3.63) is 16.1 Å². The number of hydrogen-bond donors (Lipinski definition) is 1. The number of rotatable bonds is 5. The largest absolute Gasteiger partial charge is 0.327 e. The molecule has 1 unspecified atom stereocenters. The molecule has 1 atom stereocenters. The van der Waals surface area contributed by atoms with Crippen molar-refractivity contribution >= 4 is 11.3 Å². The SMILES string of the molecule is CCCC(N)Cc1csc(C(C)(C)C#N)n1. The summed E-state index contributed by atoms with van der Waals surface area (Å²) in [6.07, 6.45) is 2.93. The molecular formula is C12H19N3S. The fraction of sp³-hybridized carbons (Fsp3) is 0.667. The van der Waals surface area contributed by atoms with Crippen LogP contribution in [0.15, 0.2) is 5.38 Å². The lowest BCUT2D eigenvalue weighted by Gasteiger charge is -2.10. The smallest absolute Gasteiger partial charge is 0.113 e. The molecule has 88 valence electrons. The second kappa shape index (κ2) is 5.42. The fourth-order valence-corrected chi connectivity index (χ4v) is 2.38. The Morgan fingerprint density at radius 3 is 2.88 bits per heavy atom. The van der Waals surface area contributed by atoms with Crippen molar-refractivity contribution in [3.63, 3.8) is 0 Å². The van der Waals surface area contributed by atoms with Gasteiger partial charge in [0.25, 0.3) is 0 Å². The lowest BCUT2D eigenvalue weighted by Crippen LogP contribution is -2.22. The Morgan fingerprint density at radius 1 is 1.62 bits per heavy atom. The Balaban J connectivity index is 2.69. The van der Waals surface area contributed by atoms with Crippen LogP contribution in [0.4, 0.5) is 0 Å². The van der Waals surface area contributed by atoms with Crippen LogP contribution in [0.25, 0.3) is 0 Å². The van der Waals surface area contributed by atoms with Gasteiger partial charge >= 0.3 is 0 Å². The molecule has 0 aliphatic carbocycles. The Hall–Kier alpha value is -0.920. The van der Waals surface area contributed by atoms with Gasteiger partial charge in [-0.05, 0) is 20.3 Å². The lowest BCUT2D eigenvalue weighted by molar-refractivity contribution is 0.590. The number of nitrogens with two attached hydrogens (primary N) is 1. The summed E-state index contributed by atoms with van der Waals surface area (Å²) >= 11 is 1.55. The van der Waals surface area contributed by atoms with Gasteiger partial charge in [-0.2, -0.15) is 5.26 Å². The van der Waals surface area contributed by atoms with Gasteiger partial charge in [0.05, 0.1) is 11.8 Å². The van der Waals surface area contributed by atoms with E-state index in [-0.39, 0.29) is 6.04 Å². The topological polar surface area (TPSA) is 62.7 Å². The van der Waals surface area contributed by atoms with Crippen LogP contribution in [-0.4, -0.2) is 11.0 Å². The van der Waals surface area contributed by atoms with Crippen molar-refractivity contribution in [1.82, 2.24) is 4.98 Å². The number of aromatic nitrogens is 1. The summed E-state index contributed by atoms with van der Waals surface area (Å²) in [5.41, 5.74) is 6.50. The third-order valence-electron chi connectivity index (χ3n) is 2.50. The third kappa shape index (κ3) is 3.29.